The number of nitrogens with zero attached hydrogens (tertiary/aromatic N) is 3. The summed E-state index contributed by atoms with van der Waals surface area (Å²) >= 11 is 6.05. The molecule has 0 radical (unpaired) electrons. The molecule has 0 saturated carbocycles. The van der Waals surface area contributed by atoms with Crippen LogP contribution in [0, 0.1) is 5.82 Å². The molecule has 0 amide bonds. The summed E-state index contributed by atoms with van der Waals surface area (Å²) in [6.45, 7) is 0. The maximum atomic E-state index is 14.0. The average molecular weight is 536 g/mol. The lowest BCUT2D eigenvalue weighted by atomic mass is 10.0. The van der Waals surface area contributed by atoms with Crippen LogP contribution in [-0.4, -0.2) is 30.1 Å². The first-order valence-corrected chi connectivity index (χ1v) is 13.1. The molecule has 0 saturated heterocycles. The molecule has 0 bridgehead atoms. The summed E-state index contributed by atoms with van der Waals surface area (Å²) < 4.78 is 47.0. The number of pyridine rings is 1. The van der Waals surface area contributed by atoms with Gasteiger partial charge in [-0.3, -0.25) is 9.36 Å². The summed E-state index contributed by atoms with van der Waals surface area (Å²) in [5, 5.41) is 0.773. The molecule has 0 aliphatic carbocycles. The Bertz CT molecular complexity index is 1790. The molecule has 7 nitrogen and oxygen atoms in total. The van der Waals surface area contributed by atoms with Crippen molar-refractivity contribution in [1.29, 1.82) is 0 Å². The van der Waals surface area contributed by atoms with E-state index >= 15 is 0 Å². The first kappa shape index (κ1) is 24.6. The van der Waals surface area contributed by atoms with Crippen molar-refractivity contribution in [1.82, 2.24) is 14.5 Å². The third kappa shape index (κ3) is 4.96. The molecule has 0 atom stereocenters. The highest BCUT2D eigenvalue weighted by molar-refractivity contribution is 7.90. The van der Waals surface area contributed by atoms with Gasteiger partial charge in [0.2, 0.25) is 0 Å². The molecule has 0 spiro atoms. The second kappa shape index (κ2) is 9.76. The predicted molar refractivity (Wildman–Crippen MR) is 139 cm³/mol. The van der Waals surface area contributed by atoms with Gasteiger partial charge in [-0.15, -0.1) is 0 Å². The molecule has 5 rings (SSSR count). The van der Waals surface area contributed by atoms with E-state index in [0.717, 1.165) is 0 Å². The third-order valence-electron chi connectivity index (χ3n) is 5.82. The van der Waals surface area contributed by atoms with Gasteiger partial charge in [0.1, 0.15) is 17.9 Å². The Labute approximate surface area is 216 Å². The van der Waals surface area contributed by atoms with Crippen LogP contribution in [0.15, 0.2) is 95.0 Å². The Kier molecular flexibility index (Phi) is 6.49. The number of hydrogen-bond donors (Lipinski definition) is 0. The number of benzene rings is 3. The van der Waals surface area contributed by atoms with Gasteiger partial charge < -0.3 is 4.74 Å². The van der Waals surface area contributed by atoms with Crippen molar-refractivity contribution in [2.75, 3.05) is 7.11 Å². The SMILES string of the molecule is COc1ccc(-c2cc(F)cc(Cl)c2)cc1-n1c(=O)ccc2cc(S(=O)(=O)Cc3ccncn3)ccc21. The summed E-state index contributed by atoms with van der Waals surface area (Å²) in [5.74, 6) is -0.369. The lowest BCUT2D eigenvalue weighted by Gasteiger charge is -2.16. The van der Waals surface area contributed by atoms with Crippen LogP contribution in [0.4, 0.5) is 4.39 Å². The van der Waals surface area contributed by atoms with Crippen molar-refractivity contribution < 1.29 is 17.5 Å². The molecular weight excluding hydrogens is 517 g/mol. The van der Waals surface area contributed by atoms with Gasteiger partial charge in [0.15, 0.2) is 9.84 Å². The van der Waals surface area contributed by atoms with Gasteiger partial charge in [-0.2, -0.15) is 0 Å². The molecule has 2 heterocycles. The van der Waals surface area contributed by atoms with Gasteiger partial charge in [0.05, 0.1) is 34.7 Å². The lowest BCUT2D eigenvalue weighted by molar-refractivity contribution is 0.413. The number of aromatic nitrogens is 3. The fourth-order valence-corrected chi connectivity index (χ4v) is 5.64. The van der Waals surface area contributed by atoms with Gasteiger partial charge >= 0.3 is 0 Å². The Balaban J connectivity index is 1.65. The van der Waals surface area contributed by atoms with Crippen molar-refractivity contribution in [3.8, 4) is 22.6 Å². The molecule has 0 unspecified atom stereocenters. The van der Waals surface area contributed by atoms with Crippen LogP contribution in [0.2, 0.25) is 5.02 Å². The van der Waals surface area contributed by atoms with Gasteiger partial charge in [0.25, 0.3) is 5.56 Å². The topological polar surface area (TPSA) is 91.2 Å². The Morgan fingerprint density at radius 2 is 1.81 bits per heavy atom. The Morgan fingerprint density at radius 3 is 2.54 bits per heavy atom. The molecule has 186 valence electrons. The van der Waals surface area contributed by atoms with Gasteiger partial charge in [0, 0.05) is 22.7 Å². The zero-order chi connectivity index (χ0) is 26.2. The van der Waals surface area contributed by atoms with Crippen LogP contribution < -0.4 is 10.3 Å². The highest BCUT2D eigenvalue weighted by atomic mass is 35.5. The quantitative estimate of drug-likeness (QED) is 0.296. The number of hydrogen-bond acceptors (Lipinski definition) is 6. The second-order valence-corrected chi connectivity index (χ2v) is 10.7. The normalized spacial score (nSPS) is 11.5. The summed E-state index contributed by atoms with van der Waals surface area (Å²) in [7, 11) is -2.23. The van der Waals surface area contributed by atoms with Crippen molar-refractivity contribution in [2.24, 2.45) is 0 Å². The molecule has 5 aromatic rings. The van der Waals surface area contributed by atoms with E-state index in [1.165, 1.54) is 54.5 Å². The Hall–Kier alpha value is -4.08. The first-order chi connectivity index (χ1) is 17.7. The molecule has 2 aromatic heterocycles. The highest BCUT2D eigenvalue weighted by Gasteiger charge is 2.19. The van der Waals surface area contributed by atoms with Crippen molar-refractivity contribution in [3.63, 3.8) is 0 Å². The van der Waals surface area contributed by atoms with E-state index in [4.69, 9.17) is 16.3 Å². The molecule has 0 fully saturated rings. The summed E-state index contributed by atoms with van der Waals surface area (Å²) in [6.07, 6.45) is 2.78. The molecule has 10 heteroatoms. The summed E-state index contributed by atoms with van der Waals surface area (Å²) in [4.78, 5) is 21.0. The largest absolute Gasteiger partial charge is 0.495 e. The van der Waals surface area contributed by atoms with Gasteiger partial charge in [-0.25, -0.2) is 22.8 Å². The molecule has 0 aliphatic rings. The Morgan fingerprint density at radius 1 is 0.973 bits per heavy atom. The van der Waals surface area contributed by atoms with E-state index in [2.05, 4.69) is 9.97 Å². The predicted octanol–water partition coefficient (Wildman–Crippen LogP) is 5.22. The number of rotatable bonds is 6. The maximum absolute atomic E-state index is 14.0. The fraction of sp³-hybridized carbons (Fsp3) is 0.0741. The second-order valence-electron chi connectivity index (χ2n) is 8.23. The number of sulfone groups is 1. The van der Waals surface area contributed by atoms with Crippen molar-refractivity contribution >= 4 is 32.3 Å². The minimum Gasteiger partial charge on any atom is -0.495 e. The summed E-state index contributed by atoms with van der Waals surface area (Å²) in [5.41, 5.74) is 2.05. The number of halogens is 2. The van der Waals surface area contributed by atoms with Crippen LogP contribution >= 0.6 is 11.6 Å². The van der Waals surface area contributed by atoms with Crippen LogP contribution in [-0.2, 0) is 15.6 Å². The average Bonchev–Trinajstić information content (AvgIpc) is 2.88. The van der Waals surface area contributed by atoms with Crippen molar-refractivity contribution in [3.05, 3.63) is 112 Å². The van der Waals surface area contributed by atoms with E-state index in [1.807, 2.05) is 0 Å². The number of methoxy groups -OCH3 is 1. The van der Waals surface area contributed by atoms with E-state index < -0.39 is 15.7 Å². The van der Waals surface area contributed by atoms with E-state index in [-0.39, 0.29) is 21.2 Å². The smallest absolute Gasteiger partial charge is 0.255 e. The standard InChI is InChI=1S/C27H19ClFN3O4S/c1-36-26-6-2-17(19-10-20(28)14-21(29)11-19)13-25(26)32-24-5-4-23(12-18(24)3-7-27(32)33)37(34,35)15-22-8-9-30-16-31-22/h2-14,16H,15H2,1H3. The fourth-order valence-electron chi connectivity index (χ4n) is 4.11. The molecule has 37 heavy (non-hydrogen) atoms. The first-order valence-electron chi connectivity index (χ1n) is 11.0. The highest BCUT2D eigenvalue weighted by Crippen LogP contribution is 2.32. The van der Waals surface area contributed by atoms with Crippen molar-refractivity contribution in [2.45, 2.75) is 10.6 Å². The van der Waals surface area contributed by atoms with Crippen LogP contribution in [0.25, 0.3) is 27.7 Å². The minimum absolute atomic E-state index is 0.0962. The minimum atomic E-state index is -3.71. The molecular formula is C27H19ClFN3O4S. The lowest BCUT2D eigenvalue weighted by Crippen LogP contribution is -2.18. The number of fused-ring (bicyclic) bond motifs is 1. The zero-order valence-electron chi connectivity index (χ0n) is 19.4. The monoisotopic (exact) mass is 535 g/mol. The van der Waals surface area contributed by atoms with Gasteiger partial charge in [-0.1, -0.05) is 17.7 Å². The van der Waals surface area contributed by atoms with Crippen LogP contribution in [0.1, 0.15) is 5.69 Å². The van der Waals surface area contributed by atoms with E-state index in [1.54, 1.807) is 42.5 Å². The number of ether oxygens (including phenoxy) is 1. The molecule has 0 N–H and O–H groups in total. The van der Waals surface area contributed by atoms with Crippen LogP contribution in [0.3, 0.4) is 0 Å². The van der Waals surface area contributed by atoms with E-state index in [0.29, 0.717) is 39.2 Å². The molecule has 0 aliphatic heterocycles. The zero-order valence-corrected chi connectivity index (χ0v) is 21.0. The molecule has 3 aromatic carbocycles. The summed E-state index contributed by atoms with van der Waals surface area (Å²) in [6, 6.07) is 18.3. The van der Waals surface area contributed by atoms with Gasteiger partial charge in [-0.05, 0) is 71.8 Å². The van der Waals surface area contributed by atoms with Crippen LogP contribution in [0.5, 0.6) is 5.75 Å². The third-order valence-corrected chi connectivity index (χ3v) is 7.69. The maximum Gasteiger partial charge on any atom is 0.255 e. The van der Waals surface area contributed by atoms with E-state index in [9.17, 15) is 17.6 Å².